The fourth-order valence-corrected chi connectivity index (χ4v) is 58.1. The zero-order valence-electron chi connectivity index (χ0n) is 24.5. The van der Waals surface area contributed by atoms with E-state index in [9.17, 15) is 9.59 Å². The minimum absolute atomic E-state index is 0.0943. The summed E-state index contributed by atoms with van der Waals surface area (Å²) in [5, 5.41) is 0. The molecule has 2 atom stereocenters. The van der Waals surface area contributed by atoms with Crippen LogP contribution in [0.3, 0.4) is 0 Å². The van der Waals surface area contributed by atoms with Crippen molar-refractivity contribution in [1.29, 1.82) is 0 Å². The second-order valence-electron chi connectivity index (χ2n) is 12.1. The molecule has 2 N–H and O–H groups in total. The Morgan fingerprint density at radius 1 is 0.738 bits per heavy atom. The van der Waals surface area contributed by atoms with Crippen LogP contribution in [0.2, 0.25) is 0 Å². The van der Waals surface area contributed by atoms with E-state index in [1.165, 1.54) is 48.2 Å². The summed E-state index contributed by atoms with van der Waals surface area (Å²) < 4.78 is 6.23. The number of carbonyl (C=O) groups is 2. The molecule has 2 heterocycles. The average Bonchev–Trinajstić information content (AvgIpc) is 3.82. The van der Waals surface area contributed by atoms with Gasteiger partial charge in [0.2, 0.25) is 0 Å². The Hall–Kier alpha value is -1.44. The number of rotatable bonds is 9. The number of nitrogens with one attached hydrogen (secondary N) is 2. The van der Waals surface area contributed by atoms with Gasteiger partial charge < -0.3 is 0 Å². The molecule has 2 aromatic rings. The van der Waals surface area contributed by atoms with Crippen molar-refractivity contribution in [2.24, 2.45) is 0 Å². The van der Waals surface area contributed by atoms with Crippen molar-refractivity contribution >= 4 is 52.9 Å². The van der Waals surface area contributed by atoms with Gasteiger partial charge in [0.25, 0.3) is 0 Å². The second-order valence-corrected chi connectivity index (χ2v) is 67.3. The molecule has 0 spiro atoms. The molecule has 6 nitrogen and oxygen atoms in total. The molecule has 2 fully saturated rings. The molecule has 221 valence electrons. The molecule has 42 heavy (non-hydrogen) atoms. The predicted octanol–water partition coefficient (Wildman–Crippen LogP) is 6.40. The fourth-order valence-electron chi connectivity index (χ4n) is 7.45. The molecule has 0 saturated carbocycles. The van der Waals surface area contributed by atoms with E-state index in [0.29, 0.717) is 12.8 Å². The first kappa shape index (κ1) is 30.6. The second kappa shape index (κ2) is 12.2. The molecule has 2 aliphatic heterocycles. The third-order valence-corrected chi connectivity index (χ3v) is 68.4. The SMILES string of the molecule is CCC(=O)[NH][Ga]([NH]C(=O)CC)[Zr]([Cl])([Cl])([CH]1C=C(N2CCCC2)c2ccccc21)[CH]1C=C(N2CCCC2)c2ccccc21. The minimum atomic E-state index is -5.43. The Kier molecular flexibility index (Phi) is 8.85. The van der Waals surface area contributed by atoms with Crippen LogP contribution in [-0.2, 0) is 22.9 Å². The molecular formula is C32H40Cl2GaN4O2Zr. The maximum atomic E-state index is 13.2. The van der Waals surface area contributed by atoms with Gasteiger partial charge in [-0.1, -0.05) is 0 Å². The van der Waals surface area contributed by atoms with Gasteiger partial charge in [0.15, 0.2) is 0 Å². The van der Waals surface area contributed by atoms with Gasteiger partial charge in [0, 0.05) is 0 Å². The molecule has 6 rings (SSSR count). The Balaban J connectivity index is 1.60. The van der Waals surface area contributed by atoms with Crippen LogP contribution in [0.15, 0.2) is 60.7 Å². The van der Waals surface area contributed by atoms with E-state index in [2.05, 4.69) is 78.5 Å². The van der Waals surface area contributed by atoms with Crippen LogP contribution in [0.4, 0.5) is 0 Å². The van der Waals surface area contributed by atoms with Crippen LogP contribution in [-0.4, -0.2) is 60.4 Å². The van der Waals surface area contributed by atoms with Gasteiger partial charge in [-0.25, -0.2) is 0 Å². The van der Waals surface area contributed by atoms with E-state index in [0.717, 1.165) is 37.3 Å². The van der Waals surface area contributed by atoms with Crippen molar-refractivity contribution in [2.45, 2.75) is 59.6 Å². The molecular weight excluding hydrogens is 704 g/mol. The van der Waals surface area contributed by atoms with Crippen LogP contribution in [0.5, 0.6) is 0 Å². The molecule has 2 aliphatic carbocycles. The van der Waals surface area contributed by atoms with Crippen LogP contribution < -0.4 is 8.05 Å². The monoisotopic (exact) mass is 741 g/mol. The third kappa shape index (κ3) is 5.17. The summed E-state index contributed by atoms with van der Waals surface area (Å²) in [4.78, 5) is 31.3. The van der Waals surface area contributed by atoms with E-state index in [-0.39, 0.29) is 19.1 Å². The van der Waals surface area contributed by atoms with Crippen molar-refractivity contribution in [3.8, 4) is 0 Å². The van der Waals surface area contributed by atoms with E-state index < -0.39 is 26.0 Å². The Morgan fingerprint density at radius 3 is 1.50 bits per heavy atom. The van der Waals surface area contributed by atoms with Gasteiger partial charge in [-0.3, -0.25) is 0 Å². The Labute approximate surface area is 260 Å². The van der Waals surface area contributed by atoms with Crippen LogP contribution in [0.1, 0.15) is 81.9 Å². The number of hydrogen-bond acceptors (Lipinski definition) is 4. The fraction of sp³-hybridized carbons (Fsp3) is 0.438. The third-order valence-electron chi connectivity index (χ3n) is 9.68. The normalized spacial score (nSPS) is 22.1. The number of nitrogens with zero attached hydrogens (tertiary/aromatic N) is 2. The van der Waals surface area contributed by atoms with Gasteiger partial charge >= 0.3 is 262 Å². The Bertz CT molecular complexity index is 1350. The predicted molar refractivity (Wildman–Crippen MR) is 170 cm³/mol. The summed E-state index contributed by atoms with van der Waals surface area (Å²) in [5.74, 6) is -0.189. The molecule has 2 amide bonds. The Morgan fingerprint density at radius 2 is 1.12 bits per heavy atom. The maximum absolute atomic E-state index is 13.2. The quantitative estimate of drug-likeness (QED) is 0.292. The van der Waals surface area contributed by atoms with Crippen molar-refractivity contribution in [1.82, 2.24) is 17.8 Å². The number of hydrogen-bond donors (Lipinski definition) is 2. The summed E-state index contributed by atoms with van der Waals surface area (Å²) in [6, 6.07) is 17.0. The van der Waals surface area contributed by atoms with Crippen molar-refractivity contribution in [3.63, 3.8) is 0 Å². The zero-order valence-corrected chi connectivity index (χ0v) is 30.9. The number of allylic oxidation sites excluding steroid dienone is 2. The van der Waals surface area contributed by atoms with Gasteiger partial charge in [-0.2, -0.15) is 0 Å². The first-order valence-corrected chi connectivity index (χ1v) is 35.7. The van der Waals surface area contributed by atoms with Gasteiger partial charge in [-0.15, -0.1) is 0 Å². The van der Waals surface area contributed by atoms with Crippen molar-refractivity contribution < 1.29 is 22.9 Å². The molecule has 2 saturated heterocycles. The zero-order chi connectivity index (χ0) is 29.5. The number of fused-ring (bicyclic) bond motifs is 2. The summed E-state index contributed by atoms with van der Waals surface area (Å²) in [7, 11) is 17.0. The summed E-state index contributed by atoms with van der Waals surface area (Å²) in [5.41, 5.74) is 7.06. The molecule has 0 bridgehead atoms. The van der Waals surface area contributed by atoms with Gasteiger partial charge in [0.1, 0.15) is 0 Å². The molecule has 0 radical (unpaired) electrons. The molecule has 4 aliphatic rings. The first-order valence-electron chi connectivity index (χ1n) is 15.5. The number of halogens is 2. The van der Waals surface area contributed by atoms with Crippen LogP contribution in [0, 0.1) is 0 Å². The van der Waals surface area contributed by atoms with E-state index in [1.807, 2.05) is 13.8 Å². The molecule has 10 heteroatoms. The van der Waals surface area contributed by atoms with Crippen LogP contribution >= 0.6 is 17.0 Å². The van der Waals surface area contributed by atoms with E-state index in [4.69, 9.17) is 17.0 Å². The number of carbonyl (C=O) groups excluding carboxylic acids is 2. The van der Waals surface area contributed by atoms with Gasteiger partial charge in [0.05, 0.1) is 0 Å². The number of benzene rings is 2. The van der Waals surface area contributed by atoms with Crippen LogP contribution in [0.25, 0.3) is 11.4 Å². The van der Waals surface area contributed by atoms with E-state index >= 15 is 0 Å². The standard InChI is InChI=1S/2C13H14N.2C3H7NO.2ClH.Ga.Zr/c2*1-2-6-12-11(5-1)7-8-13(12)14-9-3-4-10-14;2*1-2-3(4)5;;;;/h2*1-2,5-8H,3-4,9-10H2;2*2H2,1H3,(H2,4,5);2*1H;;/q;;;;;;2*+2/p-4. The summed E-state index contributed by atoms with van der Waals surface area (Å²) >= 11 is -8.99. The molecule has 2 aromatic carbocycles. The summed E-state index contributed by atoms with van der Waals surface area (Å²) in [6.45, 7) is 7.73. The average molecular weight is 745 g/mol. The summed E-state index contributed by atoms with van der Waals surface area (Å²) in [6.07, 6.45) is 9.96. The van der Waals surface area contributed by atoms with E-state index in [1.54, 1.807) is 0 Å². The van der Waals surface area contributed by atoms with Crippen molar-refractivity contribution in [3.05, 3.63) is 82.9 Å². The number of amides is 2. The molecule has 0 aromatic heterocycles. The topological polar surface area (TPSA) is 64.7 Å². The molecule has 2 unspecified atom stereocenters. The van der Waals surface area contributed by atoms with Gasteiger partial charge in [-0.05, 0) is 0 Å². The van der Waals surface area contributed by atoms with Crippen molar-refractivity contribution in [2.75, 3.05) is 26.2 Å². The first-order chi connectivity index (χ1) is 20.3. The number of likely N-dealkylation sites (tertiary alicyclic amines) is 2.